The topological polar surface area (TPSA) is 58.9 Å². The van der Waals surface area contributed by atoms with Crippen molar-refractivity contribution in [3.8, 4) is 23.0 Å². The Morgan fingerprint density at radius 1 is 0.600 bits per heavy atom. The molecule has 0 saturated heterocycles. The van der Waals surface area contributed by atoms with E-state index in [1.807, 2.05) is 76.2 Å². The maximum atomic E-state index is 14.7. The molecule has 312 valence electrons. The van der Waals surface area contributed by atoms with E-state index in [1.54, 1.807) is 78.9 Å². The highest BCUT2D eigenvalue weighted by atomic mass is 79.9. The molecule has 0 unspecified atom stereocenters. The molecule has 0 atom stereocenters. The summed E-state index contributed by atoms with van der Waals surface area (Å²) in [4.78, 5) is 0. The van der Waals surface area contributed by atoms with Gasteiger partial charge in [-0.15, -0.1) is 0 Å². The highest BCUT2D eigenvalue weighted by molar-refractivity contribution is 9.09. The van der Waals surface area contributed by atoms with Gasteiger partial charge in [-0.1, -0.05) is 140 Å². The first kappa shape index (κ1) is 47.8. The second-order valence-corrected chi connectivity index (χ2v) is 16.0. The minimum atomic E-state index is -1.64. The predicted octanol–water partition coefficient (Wildman–Crippen LogP) is 13.8. The van der Waals surface area contributed by atoms with Crippen molar-refractivity contribution in [2.45, 2.75) is 44.9 Å². The molecule has 0 heterocycles. The Balaban J connectivity index is 0.000000213. The second kappa shape index (κ2) is 22.7. The summed E-state index contributed by atoms with van der Waals surface area (Å²) in [5.41, 5.74) is 1.99. The van der Waals surface area contributed by atoms with E-state index in [0.717, 1.165) is 17.2 Å². The Bertz CT molecular complexity index is 2330. The number of allylic oxidation sites excluding steroid dienone is 4. The molecular formula is C48H44BBrCl2F4O4. The molecule has 0 spiro atoms. The zero-order valence-corrected chi connectivity index (χ0v) is 36.5. The van der Waals surface area contributed by atoms with Crippen LogP contribution in [-0.4, -0.2) is 22.5 Å². The molecule has 4 nitrogen and oxygen atoms in total. The van der Waals surface area contributed by atoms with Gasteiger partial charge in [0.15, 0.2) is 23.1 Å². The standard InChI is InChI=1S/C24H21ClF2O.C12H10BFO3.C12H13BrClF/c1-24(2,18-9-11-19(25)12-10-18)16-20(26)14-17-8-13-22(27)23(15-17)28-21-6-4-3-5-7-21;14-11-7-6-9(13(15)16)8-12(11)17-10-4-2-1-3-5-10;1-12(2,7-11(15)8-13)9-3-5-10(14)6-4-9/h3-13,15-16H,14H2,1-2H3;1-8,15-16H;3-7H,8H2,1-2H3/b20-16-;;11-7-. The molecule has 0 bridgehead atoms. The van der Waals surface area contributed by atoms with E-state index in [2.05, 4.69) is 15.9 Å². The quantitative estimate of drug-likeness (QED) is 0.0729. The van der Waals surface area contributed by atoms with Gasteiger partial charge in [-0.3, -0.25) is 0 Å². The van der Waals surface area contributed by atoms with Crippen LogP contribution in [0.4, 0.5) is 17.6 Å². The van der Waals surface area contributed by atoms with E-state index in [9.17, 15) is 17.6 Å². The average molecular weight is 922 g/mol. The van der Waals surface area contributed by atoms with E-state index < -0.39 is 24.2 Å². The Kier molecular flexibility index (Phi) is 18.1. The summed E-state index contributed by atoms with van der Waals surface area (Å²) in [6.07, 6.45) is 3.25. The Morgan fingerprint density at radius 3 is 1.45 bits per heavy atom. The molecule has 0 fully saturated rings. The fourth-order valence-electron chi connectivity index (χ4n) is 5.72. The molecule has 0 radical (unpaired) electrons. The van der Waals surface area contributed by atoms with Gasteiger partial charge in [0.2, 0.25) is 0 Å². The Hall–Kier alpha value is -4.84. The maximum absolute atomic E-state index is 14.7. The number of halogens is 7. The summed E-state index contributed by atoms with van der Waals surface area (Å²) in [5, 5.41) is 19.6. The fraction of sp³-hybridized carbons (Fsp3) is 0.167. The molecule has 2 N–H and O–H groups in total. The normalized spacial score (nSPS) is 11.8. The van der Waals surface area contributed by atoms with Crippen LogP contribution < -0.4 is 14.9 Å². The zero-order valence-electron chi connectivity index (χ0n) is 33.4. The summed E-state index contributed by atoms with van der Waals surface area (Å²) in [6, 6.07) is 40.5. The lowest BCUT2D eigenvalue weighted by Crippen LogP contribution is -2.29. The highest BCUT2D eigenvalue weighted by Gasteiger charge is 2.20. The number of alkyl halides is 1. The van der Waals surface area contributed by atoms with Crippen LogP contribution in [0.1, 0.15) is 44.4 Å². The van der Waals surface area contributed by atoms with Gasteiger partial charge >= 0.3 is 7.12 Å². The van der Waals surface area contributed by atoms with Gasteiger partial charge in [0, 0.05) is 27.3 Å². The largest absolute Gasteiger partial charge is 0.488 e. The van der Waals surface area contributed by atoms with Gasteiger partial charge in [0.1, 0.15) is 23.2 Å². The lowest BCUT2D eigenvalue weighted by atomic mass is 9.80. The van der Waals surface area contributed by atoms with Crippen LogP contribution in [0.15, 0.2) is 169 Å². The first-order valence-corrected chi connectivity index (χ1v) is 20.6. The van der Waals surface area contributed by atoms with Crippen molar-refractivity contribution in [1.82, 2.24) is 0 Å². The Labute approximate surface area is 368 Å². The summed E-state index contributed by atoms with van der Waals surface area (Å²) in [6.45, 7) is 7.81. The van der Waals surface area contributed by atoms with Crippen LogP contribution in [0.25, 0.3) is 0 Å². The van der Waals surface area contributed by atoms with Gasteiger partial charge in [-0.05, 0) is 107 Å². The third-order valence-corrected chi connectivity index (χ3v) is 9.94. The maximum Gasteiger partial charge on any atom is 0.488 e. The van der Waals surface area contributed by atoms with Gasteiger partial charge in [-0.25, -0.2) is 17.6 Å². The van der Waals surface area contributed by atoms with E-state index in [4.69, 9.17) is 42.7 Å². The minimum Gasteiger partial charge on any atom is -0.454 e. The highest BCUT2D eigenvalue weighted by Crippen LogP contribution is 2.31. The zero-order chi connectivity index (χ0) is 43.9. The summed E-state index contributed by atoms with van der Waals surface area (Å²) < 4.78 is 66.3. The van der Waals surface area contributed by atoms with Crippen molar-refractivity contribution in [3.63, 3.8) is 0 Å². The molecular weight excluding hydrogens is 878 g/mol. The minimum absolute atomic E-state index is 0.0400. The first-order chi connectivity index (χ1) is 28.4. The van der Waals surface area contributed by atoms with Gasteiger partial charge in [0.05, 0.1) is 5.33 Å². The van der Waals surface area contributed by atoms with Crippen molar-refractivity contribution < 1.29 is 37.1 Å². The summed E-state index contributed by atoms with van der Waals surface area (Å²) in [7, 11) is -1.64. The molecule has 0 saturated carbocycles. The van der Waals surface area contributed by atoms with E-state index in [0.29, 0.717) is 27.1 Å². The van der Waals surface area contributed by atoms with Crippen molar-refractivity contribution >= 4 is 51.7 Å². The number of benzene rings is 6. The van der Waals surface area contributed by atoms with Gasteiger partial charge in [0.25, 0.3) is 0 Å². The van der Waals surface area contributed by atoms with Crippen LogP contribution in [0.5, 0.6) is 23.0 Å². The molecule has 6 aromatic carbocycles. The van der Waals surface area contributed by atoms with Crippen LogP contribution in [0.3, 0.4) is 0 Å². The molecule has 12 heteroatoms. The van der Waals surface area contributed by atoms with Crippen molar-refractivity contribution in [1.29, 1.82) is 0 Å². The van der Waals surface area contributed by atoms with E-state index in [-0.39, 0.29) is 45.8 Å². The molecule has 60 heavy (non-hydrogen) atoms. The predicted molar refractivity (Wildman–Crippen MR) is 240 cm³/mol. The van der Waals surface area contributed by atoms with Crippen molar-refractivity contribution in [2.24, 2.45) is 0 Å². The van der Waals surface area contributed by atoms with Crippen LogP contribution in [0.2, 0.25) is 10.0 Å². The number of ether oxygens (including phenoxy) is 2. The van der Waals surface area contributed by atoms with Crippen LogP contribution in [-0.2, 0) is 17.3 Å². The SMILES string of the molecule is CC(C)(/C=C(\F)CBr)c1ccc(Cl)cc1.CC(C)(/C=C(\F)Cc1ccc(F)c(Oc2ccccc2)c1)c1ccc(Cl)cc1.OB(O)c1ccc(F)c(Oc2ccccc2)c1. The lowest BCUT2D eigenvalue weighted by molar-refractivity contribution is 0.423. The fourth-order valence-corrected chi connectivity index (χ4v) is 6.13. The monoisotopic (exact) mass is 920 g/mol. The van der Waals surface area contributed by atoms with E-state index in [1.165, 1.54) is 24.3 Å². The summed E-state index contributed by atoms with van der Waals surface area (Å²) in [5.74, 6) is -0.450. The number of hydrogen-bond donors (Lipinski definition) is 2. The molecule has 0 aliphatic heterocycles. The molecule has 0 aliphatic rings. The average Bonchev–Trinajstić information content (AvgIpc) is 3.21. The smallest absolute Gasteiger partial charge is 0.454 e. The van der Waals surface area contributed by atoms with Gasteiger partial charge < -0.3 is 19.5 Å². The first-order valence-electron chi connectivity index (χ1n) is 18.7. The van der Waals surface area contributed by atoms with Crippen molar-refractivity contribution in [3.05, 3.63) is 208 Å². The second-order valence-electron chi connectivity index (χ2n) is 14.6. The number of rotatable bonds is 12. The van der Waals surface area contributed by atoms with Crippen LogP contribution >= 0.6 is 39.1 Å². The Morgan fingerprint density at radius 2 is 1.02 bits per heavy atom. The summed E-state index contributed by atoms with van der Waals surface area (Å²) >= 11 is 14.8. The van der Waals surface area contributed by atoms with Crippen LogP contribution in [0, 0.1) is 11.6 Å². The molecule has 6 aromatic rings. The van der Waals surface area contributed by atoms with Gasteiger partial charge in [-0.2, -0.15) is 0 Å². The number of hydrogen-bond acceptors (Lipinski definition) is 4. The molecule has 0 aromatic heterocycles. The van der Waals surface area contributed by atoms with Crippen molar-refractivity contribution in [2.75, 3.05) is 5.33 Å². The number of para-hydroxylation sites is 2. The van der Waals surface area contributed by atoms with E-state index >= 15 is 0 Å². The third kappa shape index (κ3) is 15.3. The molecule has 0 aliphatic carbocycles. The molecule has 0 amide bonds. The molecule has 6 rings (SSSR count). The third-order valence-electron chi connectivity index (χ3n) is 8.90. The lowest BCUT2D eigenvalue weighted by Gasteiger charge is -2.21.